The number of guanidine groups is 1. The average molecular weight is 345 g/mol. The number of rotatable bonds is 4. The molecule has 1 aliphatic heterocycles. The third-order valence-corrected chi connectivity index (χ3v) is 4.37. The standard InChI is InChI=1S/C18H24FN5O/c1-3-15-12-17(25-22-15)13-21-18(20-2)24-10-8-23(9-11-24)16-6-4-14(19)5-7-16/h4-7,12H,3,8-11,13H2,1-2H3,(H,20,21). The molecule has 2 aromatic rings. The second-order valence-corrected chi connectivity index (χ2v) is 5.99. The van der Waals surface area contributed by atoms with Crippen molar-refractivity contribution >= 4 is 11.6 Å². The Morgan fingerprint density at radius 1 is 1.24 bits per heavy atom. The van der Waals surface area contributed by atoms with Crippen LogP contribution in [0.3, 0.4) is 0 Å². The first-order valence-corrected chi connectivity index (χ1v) is 8.60. The molecular formula is C18H24FN5O. The first-order chi connectivity index (χ1) is 12.2. The lowest BCUT2D eigenvalue weighted by molar-refractivity contribution is 0.356. The third-order valence-electron chi connectivity index (χ3n) is 4.37. The Labute approximate surface area is 147 Å². The summed E-state index contributed by atoms with van der Waals surface area (Å²) >= 11 is 0. The molecule has 0 unspecified atom stereocenters. The minimum Gasteiger partial charge on any atom is -0.368 e. The summed E-state index contributed by atoms with van der Waals surface area (Å²) < 4.78 is 18.4. The summed E-state index contributed by atoms with van der Waals surface area (Å²) in [5, 5.41) is 7.33. The van der Waals surface area contributed by atoms with E-state index in [1.54, 1.807) is 7.05 Å². The highest BCUT2D eigenvalue weighted by Gasteiger charge is 2.20. The summed E-state index contributed by atoms with van der Waals surface area (Å²) in [5.74, 6) is 1.46. The minimum absolute atomic E-state index is 0.203. The van der Waals surface area contributed by atoms with Crippen molar-refractivity contribution in [2.75, 3.05) is 38.1 Å². The summed E-state index contributed by atoms with van der Waals surface area (Å²) in [6.07, 6.45) is 0.865. The summed E-state index contributed by atoms with van der Waals surface area (Å²) in [4.78, 5) is 8.84. The summed E-state index contributed by atoms with van der Waals surface area (Å²) in [7, 11) is 1.78. The van der Waals surface area contributed by atoms with Crippen LogP contribution in [0.15, 0.2) is 39.8 Å². The van der Waals surface area contributed by atoms with Gasteiger partial charge in [0.05, 0.1) is 12.2 Å². The van der Waals surface area contributed by atoms with Crippen LogP contribution in [0.2, 0.25) is 0 Å². The van der Waals surface area contributed by atoms with Crippen LogP contribution < -0.4 is 10.2 Å². The summed E-state index contributed by atoms with van der Waals surface area (Å²) in [5.41, 5.74) is 2.01. The van der Waals surface area contributed by atoms with Crippen LogP contribution in [0.4, 0.5) is 10.1 Å². The van der Waals surface area contributed by atoms with Crippen molar-refractivity contribution in [3.8, 4) is 0 Å². The van der Waals surface area contributed by atoms with Crippen LogP contribution in [-0.2, 0) is 13.0 Å². The number of aromatic nitrogens is 1. The van der Waals surface area contributed by atoms with Gasteiger partial charge in [0.15, 0.2) is 11.7 Å². The van der Waals surface area contributed by atoms with Gasteiger partial charge in [-0.3, -0.25) is 4.99 Å². The maximum Gasteiger partial charge on any atom is 0.194 e. The van der Waals surface area contributed by atoms with Gasteiger partial charge < -0.3 is 19.6 Å². The van der Waals surface area contributed by atoms with Gasteiger partial charge >= 0.3 is 0 Å². The van der Waals surface area contributed by atoms with Crippen molar-refractivity contribution < 1.29 is 8.91 Å². The van der Waals surface area contributed by atoms with E-state index in [2.05, 4.69) is 32.2 Å². The predicted octanol–water partition coefficient (Wildman–Crippen LogP) is 2.27. The Bertz CT molecular complexity index is 705. The molecule has 3 rings (SSSR count). The second kappa shape index (κ2) is 8.00. The monoisotopic (exact) mass is 345 g/mol. The fraction of sp³-hybridized carbons (Fsp3) is 0.444. The molecule has 1 N–H and O–H groups in total. The van der Waals surface area contributed by atoms with Crippen molar-refractivity contribution in [2.45, 2.75) is 19.9 Å². The molecule has 1 fully saturated rings. The lowest BCUT2D eigenvalue weighted by Gasteiger charge is -2.37. The molecule has 1 saturated heterocycles. The lowest BCUT2D eigenvalue weighted by Crippen LogP contribution is -2.52. The third kappa shape index (κ3) is 4.29. The zero-order valence-electron chi connectivity index (χ0n) is 14.7. The highest BCUT2D eigenvalue weighted by molar-refractivity contribution is 5.80. The van der Waals surface area contributed by atoms with Crippen molar-refractivity contribution in [1.29, 1.82) is 0 Å². The zero-order valence-corrected chi connectivity index (χ0v) is 14.7. The first kappa shape index (κ1) is 17.3. The fourth-order valence-electron chi connectivity index (χ4n) is 2.93. The normalized spacial score (nSPS) is 15.6. The predicted molar refractivity (Wildman–Crippen MR) is 96.3 cm³/mol. The topological polar surface area (TPSA) is 56.9 Å². The van der Waals surface area contributed by atoms with E-state index in [0.29, 0.717) is 6.54 Å². The Morgan fingerprint density at radius 3 is 2.56 bits per heavy atom. The van der Waals surface area contributed by atoms with E-state index >= 15 is 0 Å². The summed E-state index contributed by atoms with van der Waals surface area (Å²) in [6, 6.07) is 8.63. The number of piperazine rings is 1. The molecule has 0 aliphatic carbocycles. The Morgan fingerprint density at radius 2 is 1.96 bits per heavy atom. The lowest BCUT2D eigenvalue weighted by atomic mass is 10.2. The van der Waals surface area contributed by atoms with E-state index < -0.39 is 0 Å². The number of hydrogen-bond acceptors (Lipinski definition) is 4. The molecule has 0 saturated carbocycles. The average Bonchev–Trinajstić information content (AvgIpc) is 3.11. The quantitative estimate of drug-likeness (QED) is 0.680. The molecule has 0 atom stereocenters. The van der Waals surface area contributed by atoms with Gasteiger partial charge in [-0.05, 0) is 30.7 Å². The van der Waals surface area contributed by atoms with Gasteiger partial charge in [-0.25, -0.2) is 4.39 Å². The maximum atomic E-state index is 13.1. The van der Waals surface area contributed by atoms with Gasteiger partial charge in [-0.2, -0.15) is 0 Å². The van der Waals surface area contributed by atoms with Crippen molar-refractivity contribution in [3.63, 3.8) is 0 Å². The zero-order chi connectivity index (χ0) is 17.6. The van der Waals surface area contributed by atoms with Gasteiger partial charge in [0.25, 0.3) is 0 Å². The molecular weight excluding hydrogens is 321 g/mol. The van der Waals surface area contributed by atoms with Crippen molar-refractivity contribution in [3.05, 3.63) is 47.6 Å². The van der Waals surface area contributed by atoms with Gasteiger partial charge in [0.2, 0.25) is 0 Å². The van der Waals surface area contributed by atoms with Gasteiger partial charge in [-0.15, -0.1) is 0 Å². The molecule has 2 heterocycles. The largest absolute Gasteiger partial charge is 0.368 e. The highest BCUT2D eigenvalue weighted by Crippen LogP contribution is 2.17. The van der Waals surface area contributed by atoms with Gasteiger partial charge in [0, 0.05) is 45.0 Å². The summed E-state index contributed by atoms with van der Waals surface area (Å²) in [6.45, 7) is 6.07. The van der Waals surface area contributed by atoms with Crippen LogP contribution in [0, 0.1) is 5.82 Å². The maximum absolute atomic E-state index is 13.1. The molecule has 25 heavy (non-hydrogen) atoms. The van der Waals surface area contributed by atoms with Crippen LogP contribution in [0.1, 0.15) is 18.4 Å². The van der Waals surface area contributed by atoms with E-state index in [1.165, 1.54) is 12.1 Å². The number of nitrogens with one attached hydrogen (secondary N) is 1. The van der Waals surface area contributed by atoms with Gasteiger partial charge in [-0.1, -0.05) is 12.1 Å². The molecule has 0 spiro atoms. The molecule has 0 bridgehead atoms. The van der Waals surface area contributed by atoms with E-state index in [9.17, 15) is 4.39 Å². The van der Waals surface area contributed by atoms with Crippen molar-refractivity contribution in [1.82, 2.24) is 15.4 Å². The Kier molecular flexibility index (Phi) is 5.53. The van der Waals surface area contributed by atoms with Crippen LogP contribution in [0.5, 0.6) is 0 Å². The Balaban J connectivity index is 1.52. The van der Waals surface area contributed by atoms with E-state index in [4.69, 9.17) is 4.52 Å². The fourth-order valence-corrected chi connectivity index (χ4v) is 2.93. The Hall–Kier alpha value is -2.57. The molecule has 7 heteroatoms. The molecule has 1 aromatic heterocycles. The molecule has 6 nitrogen and oxygen atoms in total. The number of halogens is 1. The van der Waals surface area contributed by atoms with Gasteiger partial charge in [0.1, 0.15) is 5.82 Å². The van der Waals surface area contributed by atoms with Crippen molar-refractivity contribution in [2.24, 2.45) is 4.99 Å². The number of hydrogen-bond donors (Lipinski definition) is 1. The number of nitrogens with zero attached hydrogens (tertiary/aromatic N) is 4. The van der Waals surface area contributed by atoms with Crippen LogP contribution >= 0.6 is 0 Å². The second-order valence-electron chi connectivity index (χ2n) is 5.99. The molecule has 0 amide bonds. The smallest absolute Gasteiger partial charge is 0.194 e. The van der Waals surface area contributed by atoms with E-state index in [1.807, 2.05) is 18.2 Å². The number of aliphatic imine (C=N–C) groups is 1. The number of benzene rings is 1. The SMILES string of the molecule is CCc1cc(CNC(=NC)N2CCN(c3ccc(F)cc3)CC2)on1. The van der Waals surface area contributed by atoms with E-state index in [0.717, 1.165) is 55.7 Å². The van der Waals surface area contributed by atoms with E-state index in [-0.39, 0.29) is 5.82 Å². The number of anilines is 1. The molecule has 0 radical (unpaired) electrons. The first-order valence-electron chi connectivity index (χ1n) is 8.60. The molecule has 134 valence electrons. The van der Waals surface area contributed by atoms with Crippen LogP contribution in [0.25, 0.3) is 0 Å². The molecule has 1 aliphatic rings. The highest BCUT2D eigenvalue weighted by atomic mass is 19.1. The molecule has 1 aromatic carbocycles. The minimum atomic E-state index is -0.203. The number of aryl methyl sites for hydroxylation is 1. The van der Waals surface area contributed by atoms with Crippen LogP contribution in [-0.4, -0.2) is 49.2 Å².